The van der Waals surface area contributed by atoms with Gasteiger partial charge in [0.05, 0.1) is 6.33 Å². The molecule has 0 unspecified atom stereocenters. The van der Waals surface area contributed by atoms with Crippen LogP contribution in [0.25, 0.3) is 11.2 Å². The Balaban J connectivity index is 2.01. The summed E-state index contributed by atoms with van der Waals surface area (Å²) in [7, 11) is 0. The van der Waals surface area contributed by atoms with Gasteiger partial charge in [-0.2, -0.15) is 0 Å². The molecule has 0 radical (unpaired) electrons. The lowest BCUT2D eigenvalue weighted by Gasteiger charge is -2.52. The summed E-state index contributed by atoms with van der Waals surface area (Å²) in [6.45, 7) is 4.18. The number of aromatic nitrogens is 4. The number of hydrogen-bond acceptors (Lipinski definition) is 7. The van der Waals surface area contributed by atoms with Crippen LogP contribution in [0.4, 0.5) is 5.82 Å². The average molecular weight is 337 g/mol. The predicted molar refractivity (Wildman–Crippen MR) is 89.9 cm³/mol. The van der Waals surface area contributed by atoms with E-state index in [4.69, 9.17) is 5.73 Å². The maximum absolute atomic E-state index is 10.9. The number of rotatable bonds is 5. The summed E-state index contributed by atoms with van der Waals surface area (Å²) in [5.41, 5.74) is 6.70. The van der Waals surface area contributed by atoms with Crippen molar-refractivity contribution in [1.29, 1.82) is 0 Å². The monoisotopic (exact) mass is 337 g/mol. The molecule has 23 heavy (non-hydrogen) atoms. The molecule has 2 aromatic rings. The Hall–Kier alpha value is -1.38. The van der Waals surface area contributed by atoms with Crippen molar-refractivity contribution >= 4 is 28.7 Å². The van der Waals surface area contributed by atoms with Gasteiger partial charge in [0.1, 0.15) is 11.7 Å². The minimum atomic E-state index is -0.820. The highest BCUT2D eigenvalue weighted by atomic mass is 32.2. The Morgan fingerprint density at radius 1 is 1.52 bits per heavy atom. The van der Waals surface area contributed by atoms with Crippen LogP contribution in [0.1, 0.15) is 32.9 Å². The van der Waals surface area contributed by atoms with Crippen LogP contribution in [0.5, 0.6) is 0 Å². The van der Waals surface area contributed by atoms with Crippen LogP contribution in [0.2, 0.25) is 0 Å². The number of nitrogen functional groups attached to an aromatic ring is 1. The van der Waals surface area contributed by atoms with Crippen molar-refractivity contribution in [2.45, 2.75) is 38.1 Å². The van der Waals surface area contributed by atoms with Crippen molar-refractivity contribution in [3.05, 3.63) is 6.33 Å². The molecule has 7 nitrogen and oxygen atoms in total. The number of nitrogens with zero attached hydrogens (tertiary/aromatic N) is 4. The van der Waals surface area contributed by atoms with Crippen molar-refractivity contribution in [3.63, 3.8) is 0 Å². The van der Waals surface area contributed by atoms with E-state index in [1.165, 1.54) is 11.8 Å². The third kappa shape index (κ3) is 2.40. The molecular weight excluding hydrogens is 314 g/mol. The van der Waals surface area contributed by atoms with Crippen molar-refractivity contribution in [3.8, 4) is 0 Å². The van der Waals surface area contributed by atoms with Crippen LogP contribution in [0, 0.1) is 17.3 Å². The first-order valence-corrected chi connectivity index (χ1v) is 9.00. The first-order valence-electron chi connectivity index (χ1n) is 7.77. The molecule has 8 heteroatoms. The van der Waals surface area contributed by atoms with E-state index >= 15 is 0 Å². The van der Waals surface area contributed by atoms with Gasteiger partial charge >= 0.3 is 0 Å². The van der Waals surface area contributed by atoms with Gasteiger partial charge < -0.3 is 15.9 Å². The standard InChI is InChI=1S/C15H23N5O2S/c1-8-4-5-15(8,6-21)9(2)13(22)20-7-17-10-11(16)18-14(23-3)19-12(10)20/h7-9,13,21-22H,4-6H2,1-3H3,(H2,16,18,19)/t8-,9-,13+,15-/m0/s1. The zero-order valence-corrected chi connectivity index (χ0v) is 14.4. The molecule has 2 heterocycles. The number of nitrogens with two attached hydrogens (primary N) is 1. The first kappa shape index (κ1) is 16.5. The molecule has 1 aliphatic carbocycles. The Morgan fingerprint density at radius 2 is 2.26 bits per heavy atom. The second-order valence-corrected chi connectivity index (χ2v) is 7.23. The number of imidazole rings is 1. The zero-order valence-electron chi connectivity index (χ0n) is 13.6. The van der Waals surface area contributed by atoms with Gasteiger partial charge in [0.25, 0.3) is 0 Å². The van der Waals surface area contributed by atoms with E-state index < -0.39 is 6.23 Å². The fourth-order valence-electron chi connectivity index (χ4n) is 3.60. The Kier molecular flexibility index (Phi) is 4.24. The lowest BCUT2D eigenvalue weighted by molar-refractivity contribution is -0.122. The molecule has 0 saturated heterocycles. The molecule has 0 amide bonds. The zero-order chi connectivity index (χ0) is 16.8. The van der Waals surface area contributed by atoms with Crippen LogP contribution >= 0.6 is 11.8 Å². The molecule has 0 bridgehead atoms. The van der Waals surface area contributed by atoms with Gasteiger partial charge in [0.2, 0.25) is 0 Å². The van der Waals surface area contributed by atoms with Gasteiger partial charge in [-0.1, -0.05) is 25.6 Å². The number of hydrogen-bond donors (Lipinski definition) is 3. The van der Waals surface area contributed by atoms with E-state index in [1.54, 1.807) is 10.9 Å². The summed E-state index contributed by atoms with van der Waals surface area (Å²) < 4.78 is 1.64. The summed E-state index contributed by atoms with van der Waals surface area (Å²) in [5.74, 6) is 0.572. The first-order chi connectivity index (χ1) is 10.9. The molecule has 1 aliphatic rings. The summed E-state index contributed by atoms with van der Waals surface area (Å²) in [6.07, 6.45) is 4.60. The van der Waals surface area contributed by atoms with E-state index in [0.29, 0.717) is 28.1 Å². The topological polar surface area (TPSA) is 110 Å². The van der Waals surface area contributed by atoms with E-state index in [1.807, 2.05) is 13.2 Å². The summed E-state index contributed by atoms with van der Waals surface area (Å²) in [4.78, 5) is 12.9. The van der Waals surface area contributed by atoms with Crippen molar-refractivity contribution < 1.29 is 10.2 Å². The van der Waals surface area contributed by atoms with Gasteiger partial charge in [-0.3, -0.25) is 4.57 Å². The lowest BCUT2D eigenvalue weighted by Crippen LogP contribution is -2.49. The van der Waals surface area contributed by atoms with Gasteiger partial charge in [-0.15, -0.1) is 0 Å². The van der Waals surface area contributed by atoms with Gasteiger partial charge in [-0.25, -0.2) is 15.0 Å². The molecule has 1 fully saturated rings. The summed E-state index contributed by atoms with van der Waals surface area (Å²) in [5, 5.41) is 21.3. The molecule has 4 N–H and O–H groups in total. The molecule has 0 aromatic carbocycles. The number of aliphatic hydroxyl groups is 2. The van der Waals surface area contributed by atoms with Crippen LogP contribution in [0.3, 0.4) is 0 Å². The molecule has 3 rings (SSSR count). The van der Waals surface area contributed by atoms with Crippen LogP contribution in [-0.4, -0.2) is 42.6 Å². The summed E-state index contributed by atoms with van der Waals surface area (Å²) in [6, 6.07) is 0. The molecule has 4 atom stereocenters. The van der Waals surface area contributed by atoms with E-state index in [9.17, 15) is 10.2 Å². The lowest BCUT2D eigenvalue weighted by atomic mass is 9.55. The van der Waals surface area contributed by atoms with E-state index in [0.717, 1.165) is 12.8 Å². The highest BCUT2D eigenvalue weighted by molar-refractivity contribution is 7.98. The maximum Gasteiger partial charge on any atom is 0.191 e. The highest BCUT2D eigenvalue weighted by Crippen LogP contribution is 2.54. The molecule has 126 valence electrons. The van der Waals surface area contributed by atoms with E-state index in [2.05, 4.69) is 21.9 Å². The van der Waals surface area contributed by atoms with E-state index in [-0.39, 0.29) is 17.9 Å². The third-order valence-electron chi connectivity index (χ3n) is 5.57. The van der Waals surface area contributed by atoms with Crippen LogP contribution < -0.4 is 5.73 Å². The quantitative estimate of drug-likeness (QED) is 0.562. The van der Waals surface area contributed by atoms with Crippen molar-refractivity contribution in [2.24, 2.45) is 17.3 Å². The van der Waals surface area contributed by atoms with Crippen molar-refractivity contribution in [1.82, 2.24) is 19.5 Å². The Bertz CT molecular complexity index is 717. The fourth-order valence-corrected chi connectivity index (χ4v) is 3.97. The van der Waals surface area contributed by atoms with Crippen LogP contribution in [-0.2, 0) is 0 Å². The maximum atomic E-state index is 10.9. The number of fused-ring (bicyclic) bond motifs is 1. The third-order valence-corrected chi connectivity index (χ3v) is 6.12. The average Bonchev–Trinajstić information content (AvgIpc) is 2.97. The second-order valence-electron chi connectivity index (χ2n) is 6.45. The van der Waals surface area contributed by atoms with Crippen LogP contribution in [0.15, 0.2) is 11.5 Å². The molecule has 2 aromatic heterocycles. The van der Waals surface area contributed by atoms with Gasteiger partial charge in [-0.05, 0) is 25.0 Å². The minimum Gasteiger partial charge on any atom is -0.396 e. The molecule has 0 spiro atoms. The molecular formula is C15H23N5O2S. The highest BCUT2D eigenvalue weighted by Gasteiger charge is 2.50. The molecule has 1 saturated carbocycles. The predicted octanol–water partition coefficient (Wildman–Crippen LogP) is 1.67. The summed E-state index contributed by atoms with van der Waals surface area (Å²) >= 11 is 1.39. The van der Waals surface area contributed by atoms with Crippen molar-refractivity contribution in [2.75, 3.05) is 18.6 Å². The Labute approximate surface area is 139 Å². The van der Waals surface area contributed by atoms with Gasteiger partial charge in [0.15, 0.2) is 16.6 Å². The second kappa shape index (κ2) is 5.92. The Morgan fingerprint density at radius 3 is 2.78 bits per heavy atom. The number of thioether (sulfide) groups is 1. The SMILES string of the molecule is CSc1nc(N)c2ncn([C@H](O)[C@H](C)[C@]3(CO)CC[C@@H]3C)c2n1. The van der Waals surface area contributed by atoms with Gasteiger partial charge in [0, 0.05) is 17.9 Å². The molecule has 0 aliphatic heterocycles. The largest absolute Gasteiger partial charge is 0.396 e. The normalized spacial score (nSPS) is 26.9. The minimum absolute atomic E-state index is 0.0756. The smallest absolute Gasteiger partial charge is 0.191 e. The number of anilines is 1. The fraction of sp³-hybridized carbons (Fsp3) is 0.667. The number of aliphatic hydroxyl groups excluding tert-OH is 2.